The summed E-state index contributed by atoms with van der Waals surface area (Å²) in [6.45, 7) is 2.16. The lowest BCUT2D eigenvalue weighted by Gasteiger charge is -2.07. The third-order valence-electron chi connectivity index (χ3n) is 3.32. The van der Waals surface area contributed by atoms with Gasteiger partial charge in [0.15, 0.2) is 5.65 Å². The summed E-state index contributed by atoms with van der Waals surface area (Å²) in [6, 6.07) is 5.99. The molecule has 6 nitrogen and oxygen atoms in total. The van der Waals surface area contributed by atoms with Gasteiger partial charge in [0.05, 0.1) is 35.5 Å². The van der Waals surface area contributed by atoms with E-state index in [9.17, 15) is 4.79 Å². The molecule has 22 heavy (non-hydrogen) atoms. The monoisotopic (exact) mass is 311 g/mol. The van der Waals surface area contributed by atoms with Crippen LogP contribution in [-0.2, 0) is 0 Å². The van der Waals surface area contributed by atoms with E-state index >= 15 is 0 Å². The Bertz CT molecular complexity index is 860. The molecule has 1 N–H and O–H groups in total. The molecular formula is C15H13N5OS. The summed E-state index contributed by atoms with van der Waals surface area (Å²) >= 11 is 1.62. The van der Waals surface area contributed by atoms with E-state index in [0.29, 0.717) is 12.1 Å². The summed E-state index contributed by atoms with van der Waals surface area (Å²) < 4.78 is 1.67. The van der Waals surface area contributed by atoms with Gasteiger partial charge in [0.2, 0.25) is 0 Å². The van der Waals surface area contributed by atoms with Crippen LogP contribution in [0.1, 0.15) is 22.5 Å². The van der Waals surface area contributed by atoms with Crippen LogP contribution < -0.4 is 5.32 Å². The lowest BCUT2D eigenvalue weighted by molar-refractivity contribution is 0.0953. The summed E-state index contributed by atoms with van der Waals surface area (Å²) in [6.07, 6.45) is 3.61. The average Bonchev–Trinajstić information content (AvgIpc) is 3.16. The summed E-state index contributed by atoms with van der Waals surface area (Å²) in [4.78, 5) is 17.6. The molecule has 110 valence electrons. The smallest absolute Gasteiger partial charge is 0.254 e. The van der Waals surface area contributed by atoms with Crippen molar-refractivity contribution in [3.05, 3.63) is 41.2 Å². The molecule has 0 fully saturated rings. The molecule has 7 heteroatoms. The van der Waals surface area contributed by atoms with Gasteiger partial charge in [-0.2, -0.15) is 10.4 Å². The molecule has 0 unspecified atom stereocenters. The lowest BCUT2D eigenvalue weighted by Crippen LogP contribution is -2.26. The molecule has 0 radical (unpaired) electrons. The highest BCUT2D eigenvalue weighted by atomic mass is 32.1. The number of aromatic nitrogens is 3. The van der Waals surface area contributed by atoms with Crippen molar-refractivity contribution in [2.45, 2.75) is 13.3 Å². The Hall–Kier alpha value is -2.72. The number of nitrogens with one attached hydrogen (secondary N) is 1. The van der Waals surface area contributed by atoms with Gasteiger partial charge in [-0.05, 0) is 18.4 Å². The summed E-state index contributed by atoms with van der Waals surface area (Å²) in [7, 11) is 0. The number of hydrogen-bond donors (Lipinski definition) is 1. The molecule has 0 aliphatic rings. The number of carbonyl (C=O) groups excluding carboxylic acids is 1. The molecule has 3 aromatic rings. The molecule has 0 aromatic carbocycles. The number of fused-ring (bicyclic) bond motifs is 1. The van der Waals surface area contributed by atoms with Crippen LogP contribution in [0.5, 0.6) is 0 Å². The van der Waals surface area contributed by atoms with Crippen molar-refractivity contribution >= 4 is 22.9 Å². The number of nitriles is 1. The van der Waals surface area contributed by atoms with Gasteiger partial charge in [-0.3, -0.25) is 4.79 Å². The Labute approximate surface area is 131 Å². The predicted molar refractivity (Wildman–Crippen MR) is 83.6 cm³/mol. The molecule has 3 rings (SSSR count). The van der Waals surface area contributed by atoms with Crippen molar-refractivity contribution < 1.29 is 4.79 Å². The molecule has 0 atom stereocenters. The van der Waals surface area contributed by atoms with Crippen LogP contribution in [0.4, 0.5) is 0 Å². The topological polar surface area (TPSA) is 83.1 Å². The van der Waals surface area contributed by atoms with Gasteiger partial charge >= 0.3 is 0 Å². The number of amides is 1. The number of carbonyl (C=O) groups is 1. The zero-order chi connectivity index (χ0) is 15.5. The minimum atomic E-state index is -0.240. The summed E-state index contributed by atoms with van der Waals surface area (Å²) in [5, 5.41) is 17.6. The highest BCUT2D eigenvalue weighted by molar-refractivity contribution is 7.13. The zero-order valence-electron chi connectivity index (χ0n) is 11.9. The van der Waals surface area contributed by atoms with Gasteiger partial charge < -0.3 is 5.32 Å². The number of thiophene rings is 1. The predicted octanol–water partition coefficient (Wildman–Crippen LogP) is 2.41. The van der Waals surface area contributed by atoms with Crippen LogP contribution in [0.2, 0.25) is 0 Å². The summed E-state index contributed by atoms with van der Waals surface area (Å²) in [5.41, 5.74) is 2.87. The van der Waals surface area contributed by atoms with Gasteiger partial charge in [-0.25, -0.2) is 9.50 Å². The maximum atomic E-state index is 12.1. The molecule has 0 aliphatic heterocycles. The highest BCUT2D eigenvalue weighted by Gasteiger charge is 2.16. The first kappa shape index (κ1) is 14.2. The molecule has 1 amide bonds. The second-order valence-electron chi connectivity index (χ2n) is 4.69. The van der Waals surface area contributed by atoms with E-state index in [4.69, 9.17) is 5.26 Å². The van der Waals surface area contributed by atoms with Crippen LogP contribution in [0.15, 0.2) is 29.9 Å². The first-order valence-electron chi connectivity index (χ1n) is 6.74. The number of rotatable bonds is 4. The van der Waals surface area contributed by atoms with Gasteiger partial charge in [0, 0.05) is 17.6 Å². The fourth-order valence-electron chi connectivity index (χ4n) is 2.20. The third kappa shape index (κ3) is 2.44. The van der Waals surface area contributed by atoms with Crippen molar-refractivity contribution in [2.24, 2.45) is 0 Å². The van der Waals surface area contributed by atoms with E-state index in [1.54, 1.807) is 28.2 Å². The SMILES string of the molecule is Cc1c(C(=O)NCCC#N)cnc2c(-c3cccs3)cnn12. The lowest BCUT2D eigenvalue weighted by atomic mass is 10.2. The maximum Gasteiger partial charge on any atom is 0.254 e. The van der Waals surface area contributed by atoms with E-state index < -0.39 is 0 Å². The van der Waals surface area contributed by atoms with E-state index in [0.717, 1.165) is 21.8 Å². The molecule has 0 bridgehead atoms. The van der Waals surface area contributed by atoms with E-state index in [1.807, 2.05) is 30.5 Å². The Kier molecular flexibility index (Phi) is 3.85. The van der Waals surface area contributed by atoms with Crippen LogP contribution in [0, 0.1) is 18.3 Å². The molecule has 0 spiro atoms. The van der Waals surface area contributed by atoms with Crippen molar-refractivity contribution in [2.75, 3.05) is 6.54 Å². The standard InChI is InChI=1S/C15H13N5OS/c1-10-11(15(21)17-6-3-5-16)8-18-14-12(9-19-20(10)14)13-4-2-7-22-13/h2,4,7-9H,3,6H2,1H3,(H,17,21). The first-order valence-corrected chi connectivity index (χ1v) is 7.62. The van der Waals surface area contributed by atoms with Crippen molar-refractivity contribution in [3.63, 3.8) is 0 Å². The normalized spacial score (nSPS) is 10.5. The van der Waals surface area contributed by atoms with E-state index in [2.05, 4.69) is 15.4 Å². The molecule has 3 aromatic heterocycles. The molecule has 3 heterocycles. The minimum absolute atomic E-state index is 0.240. The quantitative estimate of drug-likeness (QED) is 0.750. The van der Waals surface area contributed by atoms with E-state index in [-0.39, 0.29) is 12.3 Å². The Balaban J connectivity index is 1.98. The van der Waals surface area contributed by atoms with Crippen molar-refractivity contribution in [3.8, 4) is 16.5 Å². The largest absolute Gasteiger partial charge is 0.351 e. The highest BCUT2D eigenvalue weighted by Crippen LogP contribution is 2.28. The molecule has 0 saturated carbocycles. The van der Waals surface area contributed by atoms with Crippen LogP contribution in [0.3, 0.4) is 0 Å². The van der Waals surface area contributed by atoms with Gasteiger partial charge in [-0.1, -0.05) is 6.07 Å². The maximum absolute atomic E-state index is 12.1. The fraction of sp³-hybridized carbons (Fsp3) is 0.200. The Morgan fingerprint density at radius 3 is 3.09 bits per heavy atom. The summed E-state index contributed by atoms with van der Waals surface area (Å²) in [5.74, 6) is -0.240. The van der Waals surface area contributed by atoms with Crippen LogP contribution in [0.25, 0.3) is 16.1 Å². The van der Waals surface area contributed by atoms with Gasteiger partial charge in [0.1, 0.15) is 0 Å². The Morgan fingerprint density at radius 2 is 2.36 bits per heavy atom. The first-order chi connectivity index (χ1) is 10.7. The number of hydrogen-bond acceptors (Lipinski definition) is 5. The average molecular weight is 311 g/mol. The van der Waals surface area contributed by atoms with Crippen molar-refractivity contribution in [1.29, 1.82) is 5.26 Å². The Morgan fingerprint density at radius 1 is 1.50 bits per heavy atom. The molecule has 0 saturated heterocycles. The number of nitrogens with zero attached hydrogens (tertiary/aromatic N) is 4. The third-order valence-corrected chi connectivity index (χ3v) is 4.22. The minimum Gasteiger partial charge on any atom is -0.351 e. The number of aryl methyl sites for hydroxylation is 1. The second-order valence-corrected chi connectivity index (χ2v) is 5.64. The zero-order valence-corrected chi connectivity index (χ0v) is 12.7. The van der Waals surface area contributed by atoms with Gasteiger partial charge in [-0.15, -0.1) is 11.3 Å². The van der Waals surface area contributed by atoms with Crippen molar-refractivity contribution in [1.82, 2.24) is 19.9 Å². The molecule has 0 aliphatic carbocycles. The molecular weight excluding hydrogens is 298 g/mol. The fourth-order valence-corrected chi connectivity index (χ4v) is 2.93. The van der Waals surface area contributed by atoms with Crippen LogP contribution >= 0.6 is 11.3 Å². The van der Waals surface area contributed by atoms with E-state index in [1.165, 1.54) is 0 Å². The van der Waals surface area contributed by atoms with Gasteiger partial charge in [0.25, 0.3) is 5.91 Å². The van der Waals surface area contributed by atoms with Crippen LogP contribution in [-0.4, -0.2) is 27.0 Å². The second kappa shape index (κ2) is 5.95.